The van der Waals surface area contributed by atoms with E-state index in [1.54, 1.807) is 46.8 Å². The minimum atomic E-state index is -3.59. The predicted molar refractivity (Wildman–Crippen MR) is 135 cm³/mol. The van der Waals surface area contributed by atoms with E-state index in [1.165, 1.54) is 11.3 Å². The zero-order chi connectivity index (χ0) is 24.6. The number of amides is 1. The molecule has 1 aromatic heterocycles. The predicted octanol–water partition coefficient (Wildman–Crippen LogP) is 3.79. The van der Waals surface area contributed by atoms with E-state index < -0.39 is 15.4 Å². The van der Waals surface area contributed by atoms with Crippen LogP contribution in [0.2, 0.25) is 0 Å². The summed E-state index contributed by atoms with van der Waals surface area (Å²) in [5.41, 5.74) is 2.50. The normalized spacial score (nSPS) is 22.9. The first-order chi connectivity index (χ1) is 16.7. The van der Waals surface area contributed by atoms with Gasteiger partial charge in [-0.2, -0.15) is 0 Å². The molecule has 0 atom stereocenters. The number of rotatable bonds is 5. The highest BCUT2D eigenvalue weighted by atomic mass is 32.2. The maximum Gasteiger partial charge on any atom is 0.253 e. The molecule has 0 radical (unpaired) electrons. The number of aliphatic hydroxyl groups excluding tert-OH is 1. The second kappa shape index (κ2) is 9.61. The summed E-state index contributed by atoms with van der Waals surface area (Å²) < 4.78 is 26.9. The van der Waals surface area contributed by atoms with Gasteiger partial charge in [-0.15, -0.1) is 11.3 Å². The number of hydrogen-bond acceptors (Lipinski definition) is 7. The number of para-hydroxylation sites is 1. The van der Waals surface area contributed by atoms with Crippen LogP contribution in [0.3, 0.4) is 0 Å². The summed E-state index contributed by atoms with van der Waals surface area (Å²) >= 11 is 1.41. The number of nitrogens with zero attached hydrogens (tertiary/aromatic N) is 2. The van der Waals surface area contributed by atoms with Crippen molar-refractivity contribution in [3.63, 3.8) is 0 Å². The summed E-state index contributed by atoms with van der Waals surface area (Å²) in [6, 6.07) is 11.9. The highest BCUT2D eigenvalue weighted by molar-refractivity contribution is 7.90. The van der Waals surface area contributed by atoms with Gasteiger partial charge in [0.05, 0.1) is 38.1 Å². The van der Waals surface area contributed by atoms with Gasteiger partial charge in [0, 0.05) is 18.7 Å². The molecule has 5 rings (SSSR count). The van der Waals surface area contributed by atoms with E-state index in [2.05, 4.69) is 4.98 Å². The van der Waals surface area contributed by atoms with Crippen LogP contribution < -0.4 is 0 Å². The lowest BCUT2D eigenvalue weighted by atomic mass is 9.71. The molecule has 0 spiro atoms. The number of fused-ring (bicyclic) bond motifs is 1. The minimum Gasteiger partial charge on any atom is -0.393 e. The third kappa shape index (κ3) is 5.00. The lowest BCUT2D eigenvalue weighted by Crippen LogP contribution is -2.51. The van der Waals surface area contributed by atoms with Gasteiger partial charge in [0.1, 0.15) is 0 Å². The molecule has 2 aliphatic rings. The van der Waals surface area contributed by atoms with Gasteiger partial charge in [-0.05, 0) is 74.3 Å². The molecule has 7 nitrogen and oxygen atoms in total. The third-order valence-corrected chi connectivity index (χ3v) is 10.1. The van der Waals surface area contributed by atoms with E-state index in [0.717, 1.165) is 30.4 Å². The first-order valence-electron chi connectivity index (χ1n) is 12.1. The van der Waals surface area contributed by atoms with Crippen LogP contribution in [0.15, 0.2) is 52.9 Å². The molecule has 0 bridgehead atoms. The topological polar surface area (TPSA) is 108 Å². The van der Waals surface area contributed by atoms with Gasteiger partial charge in [0.2, 0.25) is 0 Å². The van der Waals surface area contributed by atoms with Crippen molar-refractivity contribution in [1.29, 1.82) is 0 Å². The molecular formula is C26H30N2O5S2. The van der Waals surface area contributed by atoms with Crippen molar-refractivity contribution in [2.24, 2.45) is 5.92 Å². The Morgan fingerprint density at radius 1 is 1.06 bits per heavy atom. The van der Waals surface area contributed by atoms with Crippen LogP contribution in [-0.4, -0.2) is 59.2 Å². The molecular weight excluding hydrogens is 484 g/mol. The third-order valence-electron chi connectivity index (χ3n) is 7.59. The molecule has 1 aliphatic carbocycles. The van der Waals surface area contributed by atoms with Gasteiger partial charge in [0.15, 0.2) is 9.84 Å². The Labute approximate surface area is 209 Å². The monoisotopic (exact) mass is 514 g/mol. The SMILES string of the molecule is O=C(c1ccc(CS(=O)(=O)c2cccc3scnc23)cc1)N1CCC(O)(C2CCC(O)CC2)CC1. The number of sulfone groups is 1. The van der Waals surface area contributed by atoms with Gasteiger partial charge in [0.25, 0.3) is 5.91 Å². The number of piperidine rings is 1. The van der Waals surface area contributed by atoms with E-state index in [-0.39, 0.29) is 28.6 Å². The van der Waals surface area contributed by atoms with Gasteiger partial charge in [-0.1, -0.05) is 18.2 Å². The molecule has 186 valence electrons. The molecule has 3 aromatic rings. The molecule has 2 N–H and O–H groups in total. The maximum absolute atomic E-state index is 13.1. The molecule has 2 aromatic carbocycles. The first-order valence-corrected chi connectivity index (χ1v) is 14.6. The Morgan fingerprint density at radius 3 is 2.43 bits per heavy atom. The summed E-state index contributed by atoms with van der Waals surface area (Å²) in [4.78, 5) is 19.3. The lowest BCUT2D eigenvalue weighted by Gasteiger charge is -2.45. The molecule has 2 fully saturated rings. The van der Waals surface area contributed by atoms with Crippen molar-refractivity contribution in [2.75, 3.05) is 13.1 Å². The summed E-state index contributed by atoms with van der Waals surface area (Å²) in [5.74, 6) is -0.0856. The van der Waals surface area contributed by atoms with Crippen LogP contribution >= 0.6 is 11.3 Å². The van der Waals surface area contributed by atoms with Gasteiger partial charge >= 0.3 is 0 Å². The van der Waals surface area contributed by atoms with Crippen molar-refractivity contribution in [3.8, 4) is 0 Å². The summed E-state index contributed by atoms with van der Waals surface area (Å²) in [5, 5.41) is 20.9. The lowest BCUT2D eigenvalue weighted by molar-refractivity contribution is -0.0813. The zero-order valence-electron chi connectivity index (χ0n) is 19.5. The van der Waals surface area contributed by atoms with Crippen LogP contribution in [0, 0.1) is 5.92 Å². The number of thiazole rings is 1. The molecule has 35 heavy (non-hydrogen) atoms. The molecule has 1 saturated carbocycles. The Balaban J connectivity index is 1.22. The number of carbonyl (C=O) groups excluding carboxylic acids is 1. The van der Waals surface area contributed by atoms with Crippen molar-refractivity contribution >= 4 is 37.3 Å². The van der Waals surface area contributed by atoms with Gasteiger partial charge in [-0.3, -0.25) is 4.79 Å². The average Bonchev–Trinajstić information content (AvgIpc) is 3.34. The van der Waals surface area contributed by atoms with Crippen molar-refractivity contribution in [3.05, 3.63) is 59.1 Å². The van der Waals surface area contributed by atoms with E-state index >= 15 is 0 Å². The largest absolute Gasteiger partial charge is 0.393 e. The average molecular weight is 515 g/mol. The van der Waals surface area contributed by atoms with Crippen LogP contribution in [-0.2, 0) is 15.6 Å². The second-order valence-corrected chi connectivity index (χ2v) is 12.7. The molecule has 1 saturated heterocycles. The van der Waals surface area contributed by atoms with Crippen molar-refractivity contribution in [1.82, 2.24) is 9.88 Å². The van der Waals surface area contributed by atoms with Gasteiger partial charge in [-0.25, -0.2) is 13.4 Å². The fourth-order valence-electron chi connectivity index (χ4n) is 5.45. The standard InChI is InChI=1S/C26H30N2O5S2/c29-21-10-8-20(9-11-21)26(31)12-14-28(15-13-26)25(30)19-6-4-18(5-7-19)16-35(32,33)23-3-1-2-22-24(23)27-17-34-22/h1-7,17,20-21,29,31H,8-16H2. The van der Waals surface area contributed by atoms with Crippen LogP contribution in [0.4, 0.5) is 0 Å². The minimum absolute atomic E-state index is 0.104. The van der Waals surface area contributed by atoms with E-state index in [4.69, 9.17) is 0 Å². The number of aliphatic hydroxyl groups is 2. The van der Waals surface area contributed by atoms with Crippen LogP contribution in [0.25, 0.3) is 10.2 Å². The summed E-state index contributed by atoms with van der Waals surface area (Å²) in [7, 11) is -3.59. The van der Waals surface area contributed by atoms with Gasteiger partial charge < -0.3 is 15.1 Å². The molecule has 0 unspecified atom stereocenters. The molecule has 1 aliphatic heterocycles. The van der Waals surface area contributed by atoms with E-state index in [0.29, 0.717) is 42.6 Å². The van der Waals surface area contributed by atoms with Crippen molar-refractivity contribution in [2.45, 2.75) is 60.9 Å². The fourth-order valence-corrected chi connectivity index (χ4v) is 7.75. The maximum atomic E-state index is 13.1. The second-order valence-electron chi connectivity index (χ2n) is 9.81. The quantitative estimate of drug-likeness (QED) is 0.536. The highest BCUT2D eigenvalue weighted by Gasteiger charge is 2.41. The molecule has 9 heteroatoms. The molecule has 1 amide bonds. The Kier molecular flexibility index (Phi) is 6.69. The Hall–Kier alpha value is -2.33. The number of aromatic nitrogens is 1. The van der Waals surface area contributed by atoms with Crippen LogP contribution in [0.5, 0.6) is 0 Å². The highest BCUT2D eigenvalue weighted by Crippen LogP contribution is 2.39. The molecule has 2 heterocycles. The van der Waals surface area contributed by atoms with Crippen LogP contribution in [0.1, 0.15) is 54.4 Å². The zero-order valence-corrected chi connectivity index (χ0v) is 21.1. The summed E-state index contributed by atoms with van der Waals surface area (Å²) in [6.45, 7) is 0.977. The summed E-state index contributed by atoms with van der Waals surface area (Å²) in [6.07, 6.45) is 3.94. The smallest absolute Gasteiger partial charge is 0.253 e. The Bertz CT molecular complexity index is 1300. The number of hydrogen-bond donors (Lipinski definition) is 2. The number of likely N-dealkylation sites (tertiary alicyclic amines) is 1. The Morgan fingerprint density at radius 2 is 1.74 bits per heavy atom. The van der Waals surface area contributed by atoms with Crippen molar-refractivity contribution < 1.29 is 23.4 Å². The fraction of sp³-hybridized carbons (Fsp3) is 0.462. The first kappa shape index (κ1) is 24.4. The van der Waals surface area contributed by atoms with E-state index in [1.807, 2.05) is 6.07 Å². The van der Waals surface area contributed by atoms with E-state index in [9.17, 15) is 23.4 Å². The number of carbonyl (C=O) groups is 1. The number of benzene rings is 2.